The van der Waals surface area contributed by atoms with Gasteiger partial charge >= 0.3 is 0 Å². The van der Waals surface area contributed by atoms with Crippen molar-refractivity contribution in [3.63, 3.8) is 0 Å². The number of ether oxygens (including phenoxy) is 2. The highest BCUT2D eigenvalue weighted by atomic mass is 16.5. The number of aromatic nitrogens is 2. The van der Waals surface area contributed by atoms with E-state index in [1.54, 1.807) is 26.6 Å². The van der Waals surface area contributed by atoms with Crippen molar-refractivity contribution in [3.05, 3.63) is 71.5 Å². The minimum absolute atomic E-state index is 0.792. The maximum absolute atomic E-state index is 5.41. The molecule has 4 nitrogen and oxygen atoms in total. The normalized spacial score (nSPS) is 10.8. The van der Waals surface area contributed by atoms with E-state index in [0.717, 1.165) is 39.6 Å². The molecule has 2 heterocycles. The van der Waals surface area contributed by atoms with Gasteiger partial charge in [0.05, 0.1) is 25.6 Å². The van der Waals surface area contributed by atoms with Crippen LogP contribution in [0.2, 0.25) is 0 Å². The molecule has 0 amide bonds. The molecule has 3 rings (SSSR count). The highest BCUT2D eigenvalue weighted by molar-refractivity contribution is 5.74. The molecule has 1 aromatic carbocycles. The molecule has 0 saturated heterocycles. The zero-order chi connectivity index (χ0) is 17.6. The molecule has 3 aromatic rings. The molecule has 126 valence electrons. The summed E-state index contributed by atoms with van der Waals surface area (Å²) in [5.74, 6) is 1.59. The summed E-state index contributed by atoms with van der Waals surface area (Å²) in [7, 11) is 3.31. The van der Waals surface area contributed by atoms with E-state index in [9.17, 15) is 0 Å². The topological polar surface area (TPSA) is 44.2 Å². The van der Waals surface area contributed by atoms with E-state index >= 15 is 0 Å². The fourth-order valence-electron chi connectivity index (χ4n) is 2.52. The van der Waals surface area contributed by atoms with Gasteiger partial charge in [-0.3, -0.25) is 9.97 Å². The largest absolute Gasteiger partial charge is 0.497 e. The second-order valence-corrected chi connectivity index (χ2v) is 5.63. The molecular weight excluding hydrogens is 312 g/mol. The minimum Gasteiger partial charge on any atom is -0.497 e. The maximum Gasteiger partial charge on any atom is 0.126 e. The molecule has 0 unspecified atom stereocenters. The predicted molar refractivity (Wildman–Crippen MR) is 101 cm³/mol. The lowest BCUT2D eigenvalue weighted by Crippen LogP contribution is -1.90. The van der Waals surface area contributed by atoms with Crippen LogP contribution in [0, 0.1) is 6.92 Å². The molecule has 0 atom stereocenters. The Bertz CT molecular complexity index is 904. The van der Waals surface area contributed by atoms with Crippen LogP contribution in [0.25, 0.3) is 23.5 Å². The molecule has 0 radical (unpaired) electrons. The Morgan fingerprint density at radius 3 is 2.28 bits per heavy atom. The Morgan fingerprint density at radius 2 is 1.56 bits per heavy atom. The lowest BCUT2D eigenvalue weighted by molar-refractivity contribution is 0.402. The number of benzene rings is 1. The highest BCUT2D eigenvalue weighted by Gasteiger charge is 2.04. The lowest BCUT2D eigenvalue weighted by atomic mass is 10.1. The van der Waals surface area contributed by atoms with Crippen LogP contribution in [0.5, 0.6) is 11.5 Å². The summed E-state index contributed by atoms with van der Waals surface area (Å²) in [6, 6.07) is 13.7. The van der Waals surface area contributed by atoms with Gasteiger partial charge in [0.15, 0.2) is 0 Å². The van der Waals surface area contributed by atoms with Gasteiger partial charge in [-0.05, 0) is 60.5 Å². The van der Waals surface area contributed by atoms with Crippen LogP contribution in [-0.2, 0) is 0 Å². The third-order valence-electron chi connectivity index (χ3n) is 3.85. The van der Waals surface area contributed by atoms with Crippen molar-refractivity contribution in [2.24, 2.45) is 0 Å². The molecule has 0 spiro atoms. The predicted octanol–water partition coefficient (Wildman–Crippen LogP) is 4.64. The van der Waals surface area contributed by atoms with E-state index in [-0.39, 0.29) is 0 Å². The average Bonchev–Trinajstić information content (AvgIpc) is 2.66. The Balaban J connectivity index is 1.91. The minimum atomic E-state index is 0.792. The van der Waals surface area contributed by atoms with E-state index < -0.39 is 0 Å². The van der Waals surface area contributed by atoms with Crippen LogP contribution in [0.1, 0.15) is 16.7 Å². The first-order chi connectivity index (χ1) is 12.2. The highest BCUT2D eigenvalue weighted by Crippen LogP contribution is 2.26. The summed E-state index contributed by atoms with van der Waals surface area (Å²) < 4.78 is 10.7. The van der Waals surface area contributed by atoms with Gasteiger partial charge in [-0.1, -0.05) is 12.2 Å². The first-order valence-electron chi connectivity index (χ1n) is 7.99. The summed E-state index contributed by atoms with van der Waals surface area (Å²) in [5, 5.41) is 0. The van der Waals surface area contributed by atoms with E-state index in [1.165, 1.54) is 0 Å². The molecule has 0 N–H and O–H groups in total. The quantitative estimate of drug-likeness (QED) is 0.683. The molecule has 4 heteroatoms. The summed E-state index contributed by atoms with van der Waals surface area (Å²) in [6.45, 7) is 2.05. The van der Waals surface area contributed by atoms with Crippen molar-refractivity contribution in [1.82, 2.24) is 9.97 Å². The van der Waals surface area contributed by atoms with Crippen LogP contribution in [0.4, 0.5) is 0 Å². The maximum atomic E-state index is 5.41. The molecule has 0 aliphatic rings. The Kier molecular flexibility index (Phi) is 5.09. The van der Waals surface area contributed by atoms with Gasteiger partial charge in [0.25, 0.3) is 0 Å². The first-order valence-corrected chi connectivity index (χ1v) is 7.99. The number of methoxy groups -OCH3 is 2. The molecule has 0 bridgehead atoms. The van der Waals surface area contributed by atoms with Gasteiger partial charge in [-0.25, -0.2) is 0 Å². The van der Waals surface area contributed by atoms with Gasteiger partial charge in [-0.15, -0.1) is 0 Å². The summed E-state index contributed by atoms with van der Waals surface area (Å²) in [5.41, 5.74) is 4.87. The summed E-state index contributed by atoms with van der Waals surface area (Å²) >= 11 is 0. The smallest absolute Gasteiger partial charge is 0.126 e. The zero-order valence-corrected chi connectivity index (χ0v) is 14.6. The van der Waals surface area contributed by atoms with Crippen LogP contribution < -0.4 is 9.47 Å². The first kappa shape index (κ1) is 16.7. The monoisotopic (exact) mass is 332 g/mol. The summed E-state index contributed by atoms with van der Waals surface area (Å²) in [6.07, 6.45) is 7.63. The number of pyridine rings is 2. The third kappa shape index (κ3) is 4.04. The van der Waals surface area contributed by atoms with Gasteiger partial charge in [-0.2, -0.15) is 0 Å². The summed E-state index contributed by atoms with van der Waals surface area (Å²) in [4.78, 5) is 8.82. The zero-order valence-electron chi connectivity index (χ0n) is 14.6. The molecule has 0 fully saturated rings. The van der Waals surface area contributed by atoms with Gasteiger partial charge in [0.1, 0.15) is 11.5 Å². The Labute approximate surface area is 147 Å². The SMILES string of the molecule is COc1ccc(OC)c(C=Cc2ccnc(-c3cc(C)ccn3)c2)c1. The van der Waals surface area contributed by atoms with E-state index in [0.29, 0.717) is 0 Å². The second-order valence-electron chi connectivity index (χ2n) is 5.63. The van der Waals surface area contributed by atoms with Crippen molar-refractivity contribution in [2.75, 3.05) is 14.2 Å². The Hall–Kier alpha value is -3.14. The van der Waals surface area contributed by atoms with Crippen LogP contribution in [0.15, 0.2) is 54.9 Å². The van der Waals surface area contributed by atoms with Crippen molar-refractivity contribution in [1.29, 1.82) is 0 Å². The Morgan fingerprint density at radius 1 is 0.800 bits per heavy atom. The van der Waals surface area contributed by atoms with Crippen LogP contribution in [0.3, 0.4) is 0 Å². The standard InChI is InChI=1S/C21H20N2O2/c1-15-8-10-22-19(12-15)20-13-16(9-11-23-20)4-5-17-14-18(24-2)6-7-21(17)25-3/h4-14H,1-3H3. The number of nitrogens with zero attached hydrogens (tertiary/aromatic N) is 2. The van der Waals surface area contributed by atoms with Crippen LogP contribution in [-0.4, -0.2) is 24.2 Å². The molecule has 25 heavy (non-hydrogen) atoms. The third-order valence-corrected chi connectivity index (χ3v) is 3.85. The van der Waals surface area contributed by atoms with Crippen molar-refractivity contribution in [2.45, 2.75) is 6.92 Å². The van der Waals surface area contributed by atoms with Crippen molar-refractivity contribution >= 4 is 12.2 Å². The number of hydrogen-bond donors (Lipinski definition) is 0. The van der Waals surface area contributed by atoms with E-state index in [1.807, 2.05) is 61.5 Å². The van der Waals surface area contributed by atoms with Gasteiger partial charge in [0.2, 0.25) is 0 Å². The molecule has 0 saturated carbocycles. The lowest BCUT2D eigenvalue weighted by Gasteiger charge is -2.07. The number of aryl methyl sites for hydroxylation is 1. The van der Waals surface area contributed by atoms with Gasteiger partial charge < -0.3 is 9.47 Å². The van der Waals surface area contributed by atoms with E-state index in [2.05, 4.69) is 9.97 Å². The average molecular weight is 332 g/mol. The number of rotatable bonds is 5. The fraction of sp³-hybridized carbons (Fsp3) is 0.143. The molecule has 2 aromatic heterocycles. The molecule has 0 aliphatic carbocycles. The van der Waals surface area contributed by atoms with Crippen molar-refractivity contribution in [3.8, 4) is 22.9 Å². The van der Waals surface area contributed by atoms with Crippen LogP contribution >= 0.6 is 0 Å². The fourth-order valence-corrected chi connectivity index (χ4v) is 2.52. The van der Waals surface area contributed by atoms with Crippen molar-refractivity contribution < 1.29 is 9.47 Å². The molecular formula is C21H20N2O2. The van der Waals surface area contributed by atoms with E-state index in [4.69, 9.17) is 9.47 Å². The number of hydrogen-bond acceptors (Lipinski definition) is 4. The molecule has 0 aliphatic heterocycles. The van der Waals surface area contributed by atoms with Gasteiger partial charge in [0, 0.05) is 18.0 Å². The second kappa shape index (κ2) is 7.62.